The second-order valence-corrected chi connectivity index (χ2v) is 6.12. The molecule has 12 N–H and O–H groups in total. The van der Waals surface area contributed by atoms with Gasteiger partial charge in [0.25, 0.3) is 0 Å². The van der Waals surface area contributed by atoms with E-state index in [1.54, 1.807) is 0 Å². The normalized spacial score (nSPS) is 8.79. The maximum absolute atomic E-state index is 8.52. The Morgan fingerprint density at radius 3 is 0.242 bits per heavy atom. The number of hydrogen-bond donors (Lipinski definition) is 0. The Morgan fingerprint density at radius 2 is 0.242 bits per heavy atom. The average molecular weight is 690 g/mol. The monoisotopic (exact) mass is 690 g/mol. The van der Waals surface area contributed by atoms with E-state index in [0.29, 0.717) is 0 Å². The van der Waals surface area contributed by atoms with Gasteiger partial charge in [-0.15, -0.1) is 0 Å². The molecule has 0 aromatic heterocycles. The van der Waals surface area contributed by atoms with Gasteiger partial charge in [-0.05, 0) is 0 Å². The summed E-state index contributed by atoms with van der Waals surface area (Å²) >= 11 is 0. The minimum absolute atomic E-state index is 0. The quantitative estimate of drug-likeness (QED) is 0.168. The standard InChI is InChI=1S/5H2O4S.6H2O.2V/c5*1-5(2,3)4;;;;;;;;/h5*(H2,1,2,3,4);6*1H2;;/q;;;;;;;;;;;2*+5/p-10. The van der Waals surface area contributed by atoms with E-state index in [0.717, 1.165) is 0 Å². The molecule has 0 saturated carbocycles. The molecule has 0 atom stereocenters. The van der Waals surface area contributed by atoms with Crippen LogP contribution in [0.5, 0.6) is 0 Å². The Morgan fingerprint density at radius 1 is 0.242 bits per heavy atom. The molecular formula is H12O26S5V2. The zero-order chi connectivity index (χ0) is 22.5. The van der Waals surface area contributed by atoms with Crippen LogP contribution in [0.1, 0.15) is 0 Å². The predicted molar refractivity (Wildman–Crippen MR) is 74.1 cm³/mol. The fourth-order valence-electron chi connectivity index (χ4n) is 0. The maximum atomic E-state index is 8.52. The third kappa shape index (κ3) is 381000. The molecule has 26 nitrogen and oxygen atoms in total. The molecule has 0 rings (SSSR count). The average Bonchev–Trinajstić information content (AvgIpc) is 1.79. The van der Waals surface area contributed by atoms with Crippen LogP contribution in [-0.4, -0.2) is 120 Å². The zero-order valence-corrected chi connectivity index (χ0v) is 21.0. The van der Waals surface area contributed by atoms with Gasteiger partial charge in [-0.1, -0.05) is 0 Å². The minimum Gasteiger partial charge on any atom is -0.759 e. The van der Waals surface area contributed by atoms with Crippen LogP contribution in [0.3, 0.4) is 0 Å². The largest absolute Gasteiger partial charge is 5.00 e. The SMILES string of the molecule is O.O.O.O.O.O.O=S(=O)([O-])[O-].O=S(=O)([O-])[O-].O=S(=O)([O-])[O-].O=S(=O)([O-])[O-].O=S(=O)([O-])[O-].[V+5].[V+5]. The Hall–Kier alpha value is 0.279. The van der Waals surface area contributed by atoms with E-state index in [1.807, 2.05) is 0 Å². The summed E-state index contributed by atoms with van der Waals surface area (Å²) in [5.41, 5.74) is 0. The van der Waals surface area contributed by atoms with Crippen molar-refractivity contribution in [1.82, 2.24) is 0 Å². The summed E-state index contributed by atoms with van der Waals surface area (Å²) < 4.78 is 170. The van der Waals surface area contributed by atoms with E-state index in [-0.39, 0.29) is 70.0 Å². The van der Waals surface area contributed by atoms with Crippen LogP contribution in [0.4, 0.5) is 0 Å². The smallest absolute Gasteiger partial charge is 0.759 e. The summed E-state index contributed by atoms with van der Waals surface area (Å²) in [6.07, 6.45) is 0. The van der Waals surface area contributed by atoms with E-state index in [1.165, 1.54) is 0 Å². The molecule has 0 amide bonds. The second-order valence-electron chi connectivity index (χ2n) is 2.04. The van der Waals surface area contributed by atoms with Gasteiger partial charge >= 0.3 is 37.1 Å². The maximum Gasteiger partial charge on any atom is 5.00 e. The summed E-state index contributed by atoms with van der Waals surface area (Å²) in [5.74, 6) is 0. The van der Waals surface area contributed by atoms with Crippen LogP contribution < -0.4 is 0 Å². The summed E-state index contributed by atoms with van der Waals surface area (Å²) in [4.78, 5) is 0. The van der Waals surface area contributed by atoms with Crippen LogP contribution in [-0.2, 0) is 89.1 Å². The molecule has 0 spiro atoms. The molecule has 0 aliphatic heterocycles. The van der Waals surface area contributed by atoms with Gasteiger partial charge in [0, 0.05) is 52.0 Å². The molecule has 208 valence electrons. The van der Waals surface area contributed by atoms with Crippen LogP contribution in [0, 0.1) is 0 Å². The van der Waals surface area contributed by atoms with E-state index in [2.05, 4.69) is 0 Å². The molecule has 0 aliphatic carbocycles. The first kappa shape index (κ1) is 84.3. The van der Waals surface area contributed by atoms with E-state index >= 15 is 0 Å². The van der Waals surface area contributed by atoms with E-state index in [4.69, 9.17) is 87.6 Å². The molecule has 0 fully saturated rings. The third-order valence-electron chi connectivity index (χ3n) is 0. The van der Waals surface area contributed by atoms with Crippen molar-refractivity contribution in [2.75, 3.05) is 0 Å². The van der Waals surface area contributed by atoms with Crippen LogP contribution in [0.15, 0.2) is 0 Å². The van der Waals surface area contributed by atoms with Crippen molar-refractivity contribution in [1.29, 1.82) is 0 Å². The molecule has 0 aliphatic rings. The zero-order valence-electron chi connectivity index (χ0n) is 14.1. The molecule has 0 radical (unpaired) electrons. The Balaban J connectivity index is -0.0000000130. The van der Waals surface area contributed by atoms with Crippen LogP contribution in [0.25, 0.3) is 0 Å². The third-order valence-corrected chi connectivity index (χ3v) is 0. The van der Waals surface area contributed by atoms with E-state index in [9.17, 15) is 0 Å². The molecule has 0 heterocycles. The number of rotatable bonds is 0. The van der Waals surface area contributed by atoms with Crippen molar-refractivity contribution in [3.63, 3.8) is 0 Å². The van der Waals surface area contributed by atoms with Gasteiger partial charge in [-0.3, -0.25) is 42.1 Å². The van der Waals surface area contributed by atoms with Gasteiger partial charge in [0.1, 0.15) is 0 Å². The van der Waals surface area contributed by atoms with Crippen LogP contribution >= 0.6 is 0 Å². The minimum atomic E-state index is -5.17. The van der Waals surface area contributed by atoms with Crippen LogP contribution in [0.2, 0.25) is 0 Å². The molecule has 0 saturated heterocycles. The van der Waals surface area contributed by atoms with Gasteiger partial charge in [0.15, 0.2) is 0 Å². The Labute approximate surface area is 208 Å². The van der Waals surface area contributed by atoms with Gasteiger partial charge in [0.2, 0.25) is 0 Å². The molecule has 33 heavy (non-hydrogen) atoms. The Kier molecular flexibility index (Phi) is 88.0. The van der Waals surface area contributed by atoms with Gasteiger partial charge in [-0.2, -0.15) is 0 Å². The molecule has 0 bridgehead atoms. The summed E-state index contributed by atoms with van der Waals surface area (Å²) in [7, 11) is -25.8. The first-order valence-corrected chi connectivity index (χ1v) is 10.0. The first-order chi connectivity index (χ1) is 10.0. The van der Waals surface area contributed by atoms with Gasteiger partial charge < -0.3 is 78.4 Å². The fraction of sp³-hybridized carbons (Fsp3) is 0. The Bertz CT molecular complexity index is 621. The van der Waals surface area contributed by atoms with Crippen molar-refractivity contribution in [2.24, 2.45) is 0 Å². The van der Waals surface area contributed by atoms with Gasteiger partial charge in [-0.25, -0.2) is 0 Å². The molecular weight excluding hydrogens is 678 g/mol. The van der Waals surface area contributed by atoms with Crippen molar-refractivity contribution in [3.05, 3.63) is 0 Å². The number of hydrogen-bond acceptors (Lipinski definition) is 20. The van der Waals surface area contributed by atoms with Gasteiger partial charge in [0.05, 0.1) is 0 Å². The van der Waals surface area contributed by atoms with Crippen molar-refractivity contribution >= 4 is 52.0 Å². The summed E-state index contributed by atoms with van der Waals surface area (Å²) in [6.45, 7) is 0. The van der Waals surface area contributed by atoms with Crippen molar-refractivity contribution in [2.45, 2.75) is 0 Å². The molecule has 0 aromatic carbocycles. The van der Waals surface area contributed by atoms with Crippen molar-refractivity contribution < 1.29 is 158 Å². The summed E-state index contributed by atoms with van der Waals surface area (Å²) in [5, 5.41) is 0. The molecule has 0 aromatic rings. The molecule has 0 unspecified atom stereocenters. The topological polar surface area (TPSA) is 590 Å². The molecule has 33 heteroatoms. The second kappa shape index (κ2) is 34.4. The van der Waals surface area contributed by atoms with E-state index < -0.39 is 52.0 Å². The fourth-order valence-corrected chi connectivity index (χ4v) is 0. The van der Waals surface area contributed by atoms with Crippen molar-refractivity contribution in [3.8, 4) is 0 Å². The summed E-state index contributed by atoms with van der Waals surface area (Å²) in [6, 6.07) is 0. The predicted octanol–water partition coefficient (Wildman–Crippen LogP) is -11.6. The first-order valence-electron chi connectivity index (χ1n) is 3.33.